The molecular weight excluding hydrogens is 474 g/mol. The molecule has 3 aromatic heterocycles. The minimum Gasteiger partial charge on any atom is -0.309 e. The van der Waals surface area contributed by atoms with Crippen molar-refractivity contribution in [2.45, 2.75) is 39.7 Å². The molecule has 1 unspecified atom stereocenters. The first kappa shape index (κ1) is 25.2. The Balaban J connectivity index is 1.33. The topological polar surface area (TPSA) is 85.9 Å². The first-order valence-corrected chi connectivity index (χ1v) is 12.8. The van der Waals surface area contributed by atoms with Crippen molar-refractivity contribution in [3.05, 3.63) is 59.6 Å². The van der Waals surface area contributed by atoms with Crippen LogP contribution in [0.2, 0.25) is 0 Å². The summed E-state index contributed by atoms with van der Waals surface area (Å²) in [5.74, 6) is -0.277. The molecule has 5 rings (SSSR count). The zero-order valence-corrected chi connectivity index (χ0v) is 21.4. The Morgan fingerprint density at radius 2 is 1.78 bits per heavy atom. The number of halogens is 2. The summed E-state index contributed by atoms with van der Waals surface area (Å²) >= 11 is 0. The first-order valence-electron chi connectivity index (χ1n) is 12.8. The molecule has 0 bridgehead atoms. The van der Waals surface area contributed by atoms with Crippen LogP contribution in [0.15, 0.2) is 36.7 Å². The van der Waals surface area contributed by atoms with E-state index < -0.39 is 11.6 Å². The van der Waals surface area contributed by atoms with Crippen LogP contribution >= 0.6 is 0 Å². The number of aromatic nitrogens is 5. The molecule has 8 nitrogen and oxygen atoms in total. The molecule has 1 aromatic carbocycles. The number of anilines is 2. The number of nitrogens with zero attached hydrogens (tertiary/aromatic N) is 6. The Morgan fingerprint density at radius 3 is 2.49 bits per heavy atom. The highest BCUT2D eigenvalue weighted by molar-refractivity contribution is 5.87. The molecule has 10 heteroatoms. The number of likely N-dealkylation sites (N-methyl/N-ethyl adjacent to an activating group) is 1. The molecule has 0 radical (unpaired) electrons. The van der Waals surface area contributed by atoms with Crippen LogP contribution in [0.3, 0.4) is 0 Å². The van der Waals surface area contributed by atoms with E-state index in [1.807, 2.05) is 32.2 Å². The van der Waals surface area contributed by atoms with Gasteiger partial charge in [-0.2, -0.15) is 5.10 Å². The van der Waals surface area contributed by atoms with Crippen molar-refractivity contribution >= 4 is 22.7 Å². The SMILES string of the molecule is CCC(C)c1[nH]nc2c(F)cc(-c3nc(Nc4ccc(CN5CCN(CC)CC5)cn4)ncc3F)cc12. The van der Waals surface area contributed by atoms with Gasteiger partial charge in [-0.1, -0.05) is 26.8 Å². The van der Waals surface area contributed by atoms with Gasteiger partial charge in [0.1, 0.15) is 17.0 Å². The molecular formula is C27H32F2N8. The summed E-state index contributed by atoms with van der Waals surface area (Å²) in [7, 11) is 0. The lowest BCUT2D eigenvalue weighted by atomic mass is 9.99. The van der Waals surface area contributed by atoms with Crippen LogP contribution in [0.25, 0.3) is 22.2 Å². The van der Waals surface area contributed by atoms with Gasteiger partial charge in [-0.15, -0.1) is 0 Å². The fraction of sp³-hybridized carbons (Fsp3) is 0.407. The second kappa shape index (κ2) is 10.9. The second-order valence-electron chi connectivity index (χ2n) is 9.58. The molecule has 0 saturated carbocycles. The maximum atomic E-state index is 14.9. The van der Waals surface area contributed by atoms with Crippen molar-refractivity contribution in [2.24, 2.45) is 0 Å². The normalized spacial score (nSPS) is 15.8. The molecule has 0 spiro atoms. The van der Waals surface area contributed by atoms with Crippen LogP contribution in [-0.4, -0.2) is 67.7 Å². The summed E-state index contributed by atoms with van der Waals surface area (Å²) in [6.07, 6.45) is 3.78. The molecule has 37 heavy (non-hydrogen) atoms. The van der Waals surface area contributed by atoms with Gasteiger partial charge in [-0.05, 0) is 42.6 Å². The van der Waals surface area contributed by atoms with Crippen molar-refractivity contribution < 1.29 is 8.78 Å². The van der Waals surface area contributed by atoms with E-state index in [0.29, 0.717) is 16.8 Å². The Labute approximate surface area is 215 Å². The second-order valence-corrected chi connectivity index (χ2v) is 9.58. The zero-order valence-electron chi connectivity index (χ0n) is 21.4. The molecule has 194 valence electrons. The Hall–Kier alpha value is -3.50. The third kappa shape index (κ3) is 5.45. The van der Waals surface area contributed by atoms with Gasteiger partial charge in [-0.3, -0.25) is 10.00 Å². The molecule has 2 N–H and O–H groups in total. The zero-order chi connectivity index (χ0) is 25.9. The Bertz CT molecular complexity index is 1360. The monoisotopic (exact) mass is 506 g/mol. The van der Waals surface area contributed by atoms with E-state index in [1.54, 1.807) is 6.07 Å². The molecule has 1 aliphatic rings. The molecule has 4 heterocycles. The third-order valence-electron chi connectivity index (χ3n) is 7.15. The number of hydrogen-bond donors (Lipinski definition) is 2. The van der Waals surface area contributed by atoms with Gasteiger partial charge in [0, 0.05) is 55.6 Å². The largest absolute Gasteiger partial charge is 0.309 e. The number of piperazine rings is 1. The van der Waals surface area contributed by atoms with Crippen LogP contribution in [0.5, 0.6) is 0 Å². The molecule has 1 fully saturated rings. The average molecular weight is 507 g/mol. The summed E-state index contributed by atoms with van der Waals surface area (Å²) in [5.41, 5.74) is 2.52. The van der Waals surface area contributed by atoms with Crippen LogP contribution in [-0.2, 0) is 6.54 Å². The summed E-state index contributed by atoms with van der Waals surface area (Å²) in [6, 6.07) is 6.86. The smallest absolute Gasteiger partial charge is 0.229 e. The molecule has 1 saturated heterocycles. The van der Waals surface area contributed by atoms with Crippen molar-refractivity contribution in [2.75, 3.05) is 38.0 Å². The number of pyridine rings is 1. The Kier molecular flexibility index (Phi) is 7.38. The van der Waals surface area contributed by atoms with Gasteiger partial charge < -0.3 is 10.2 Å². The highest BCUT2D eigenvalue weighted by Gasteiger charge is 2.19. The molecule has 1 atom stereocenters. The number of benzene rings is 1. The van der Waals surface area contributed by atoms with Crippen molar-refractivity contribution in [3.63, 3.8) is 0 Å². The highest BCUT2D eigenvalue weighted by atomic mass is 19.1. The van der Waals surface area contributed by atoms with Gasteiger partial charge >= 0.3 is 0 Å². The number of nitrogens with one attached hydrogen (secondary N) is 2. The summed E-state index contributed by atoms with van der Waals surface area (Å²) in [4.78, 5) is 17.8. The first-order chi connectivity index (χ1) is 17.9. The van der Waals surface area contributed by atoms with E-state index >= 15 is 0 Å². The maximum Gasteiger partial charge on any atom is 0.229 e. The van der Waals surface area contributed by atoms with Gasteiger partial charge in [0.25, 0.3) is 0 Å². The lowest BCUT2D eigenvalue weighted by molar-refractivity contribution is 0.132. The number of fused-ring (bicyclic) bond motifs is 1. The number of hydrogen-bond acceptors (Lipinski definition) is 7. The van der Waals surface area contributed by atoms with E-state index in [4.69, 9.17) is 0 Å². The van der Waals surface area contributed by atoms with Crippen LogP contribution in [0, 0.1) is 11.6 Å². The molecule has 0 amide bonds. The van der Waals surface area contributed by atoms with E-state index in [1.165, 1.54) is 6.07 Å². The van der Waals surface area contributed by atoms with Crippen molar-refractivity contribution in [1.29, 1.82) is 0 Å². The number of rotatable bonds is 8. The van der Waals surface area contributed by atoms with E-state index in [2.05, 4.69) is 47.2 Å². The third-order valence-corrected chi connectivity index (χ3v) is 7.15. The van der Waals surface area contributed by atoms with Gasteiger partial charge in [-0.25, -0.2) is 23.7 Å². The average Bonchev–Trinajstić information content (AvgIpc) is 3.35. The number of H-pyrrole nitrogens is 1. The maximum absolute atomic E-state index is 14.9. The van der Waals surface area contributed by atoms with E-state index in [-0.39, 0.29) is 23.1 Å². The minimum absolute atomic E-state index is 0.0115. The lowest BCUT2D eigenvalue weighted by Gasteiger charge is -2.33. The van der Waals surface area contributed by atoms with E-state index in [0.717, 1.165) is 63.1 Å². The molecule has 1 aliphatic heterocycles. The van der Waals surface area contributed by atoms with Crippen LogP contribution < -0.4 is 5.32 Å². The van der Waals surface area contributed by atoms with Crippen LogP contribution in [0.4, 0.5) is 20.5 Å². The lowest BCUT2D eigenvalue weighted by Crippen LogP contribution is -2.45. The fourth-order valence-electron chi connectivity index (χ4n) is 4.67. The summed E-state index contributed by atoms with van der Waals surface area (Å²) in [6.45, 7) is 12.5. The van der Waals surface area contributed by atoms with Gasteiger partial charge in [0.15, 0.2) is 11.6 Å². The predicted molar refractivity (Wildman–Crippen MR) is 141 cm³/mol. The minimum atomic E-state index is -0.635. The molecule has 0 aliphatic carbocycles. The quantitative estimate of drug-likeness (QED) is 0.344. The standard InChI is InChI=1S/C27H32F2N8/c1-4-17(3)24-20-12-19(13-21(28)26(20)35-34-24)25-22(29)15-31-27(33-25)32-23-7-6-18(14-30-23)16-37-10-8-36(5-2)9-11-37/h6-7,12-15,17H,4-5,8-11,16H2,1-3H3,(H,34,35)(H,30,31,32,33). The van der Waals surface area contributed by atoms with Crippen LogP contribution in [0.1, 0.15) is 44.4 Å². The number of aromatic amines is 1. The van der Waals surface area contributed by atoms with Crippen molar-refractivity contribution in [1.82, 2.24) is 34.9 Å². The van der Waals surface area contributed by atoms with Gasteiger partial charge in [0.05, 0.1) is 6.20 Å². The van der Waals surface area contributed by atoms with Crippen molar-refractivity contribution in [3.8, 4) is 11.3 Å². The highest BCUT2D eigenvalue weighted by Crippen LogP contribution is 2.32. The van der Waals surface area contributed by atoms with Gasteiger partial charge in [0.2, 0.25) is 5.95 Å². The van der Waals surface area contributed by atoms with E-state index in [9.17, 15) is 8.78 Å². The summed E-state index contributed by atoms with van der Waals surface area (Å²) in [5, 5.41) is 10.7. The summed E-state index contributed by atoms with van der Waals surface area (Å²) < 4.78 is 29.6. The molecule has 4 aromatic rings. The predicted octanol–water partition coefficient (Wildman–Crippen LogP) is 5.09. The Morgan fingerprint density at radius 1 is 1.00 bits per heavy atom. The fourth-order valence-corrected chi connectivity index (χ4v) is 4.67.